The van der Waals surface area contributed by atoms with Crippen molar-refractivity contribution in [2.45, 2.75) is 32.9 Å². The molecule has 0 aliphatic heterocycles. The number of rotatable bonds is 10. The number of aldehydes is 2. The maximum absolute atomic E-state index is 13.1. The molecular weight excluding hydrogens is 494 g/mol. The van der Waals surface area contributed by atoms with Crippen LogP contribution < -0.4 is 15.2 Å². The van der Waals surface area contributed by atoms with Crippen LogP contribution in [0.4, 0.5) is 5.69 Å². The zero-order valence-corrected chi connectivity index (χ0v) is 22.5. The fourth-order valence-electron chi connectivity index (χ4n) is 4.39. The summed E-state index contributed by atoms with van der Waals surface area (Å²) in [7, 11) is 4.85. The van der Waals surface area contributed by atoms with Gasteiger partial charge >= 0.3 is 0 Å². The Morgan fingerprint density at radius 2 is 1.95 bits per heavy atom. The predicted molar refractivity (Wildman–Crippen MR) is 145 cm³/mol. The zero-order valence-electron chi connectivity index (χ0n) is 21.7. The van der Waals surface area contributed by atoms with E-state index in [0.717, 1.165) is 5.57 Å². The van der Waals surface area contributed by atoms with Crippen molar-refractivity contribution in [3.8, 4) is 17.3 Å². The molecule has 0 aliphatic carbocycles. The lowest BCUT2D eigenvalue weighted by atomic mass is 9.99. The monoisotopic (exact) mass is 523 g/mol. The van der Waals surface area contributed by atoms with Gasteiger partial charge in [0.05, 0.1) is 29.4 Å². The number of imidazole rings is 1. The van der Waals surface area contributed by atoms with Crippen LogP contribution in [-0.2, 0) is 7.05 Å². The van der Waals surface area contributed by atoms with Gasteiger partial charge in [-0.25, -0.2) is 9.97 Å². The largest absolute Gasteiger partial charge is 0.480 e. The van der Waals surface area contributed by atoms with Gasteiger partial charge in [-0.3, -0.25) is 14.4 Å². The van der Waals surface area contributed by atoms with Crippen molar-refractivity contribution in [2.75, 3.05) is 19.1 Å². The van der Waals surface area contributed by atoms with E-state index in [9.17, 15) is 14.4 Å². The number of ether oxygens (including phenoxy) is 1. The maximum Gasteiger partial charge on any atom is 0.273 e. The highest BCUT2D eigenvalue weighted by atomic mass is 35.5. The molecule has 3 rings (SSSR count). The van der Waals surface area contributed by atoms with Crippen molar-refractivity contribution in [2.24, 2.45) is 7.05 Å². The molecule has 3 heterocycles. The van der Waals surface area contributed by atoms with E-state index in [4.69, 9.17) is 16.3 Å². The SMILES string of the molecule is C=C/C(=C\C)C(c1c(C=O)nc(-c2cc(C=O)cnc2OC)n1C(C)C)N(C)c1cc(Cl)cn(C)c1=O. The number of methoxy groups -OCH3 is 1. The van der Waals surface area contributed by atoms with Crippen molar-refractivity contribution < 1.29 is 14.3 Å². The first-order valence-corrected chi connectivity index (χ1v) is 12.0. The first-order chi connectivity index (χ1) is 17.6. The number of halogens is 1. The van der Waals surface area contributed by atoms with Gasteiger partial charge in [0.25, 0.3) is 5.56 Å². The van der Waals surface area contributed by atoms with E-state index in [0.29, 0.717) is 45.9 Å². The summed E-state index contributed by atoms with van der Waals surface area (Å²) in [6.07, 6.45) is 7.84. The quantitative estimate of drug-likeness (QED) is 0.277. The lowest BCUT2D eigenvalue weighted by molar-refractivity contribution is 0.111. The lowest BCUT2D eigenvalue weighted by Crippen LogP contribution is -2.34. The normalized spacial score (nSPS) is 12.4. The summed E-state index contributed by atoms with van der Waals surface area (Å²) in [5.41, 5.74) is 2.31. The van der Waals surface area contributed by atoms with E-state index in [1.54, 1.807) is 37.2 Å². The van der Waals surface area contributed by atoms with Crippen LogP contribution in [0.1, 0.15) is 59.4 Å². The predicted octanol–water partition coefficient (Wildman–Crippen LogP) is 4.82. The van der Waals surface area contributed by atoms with E-state index in [-0.39, 0.29) is 23.2 Å². The van der Waals surface area contributed by atoms with Crippen LogP contribution in [0.3, 0.4) is 0 Å². The fourth-order valence-corrected chi connectivity index (χ4v) is 4.64. The summed E-state index contributed by atoms with van der Waals surface area (Å²) in [6.45, 7) is 9.72. The minimum atomic E-state index is -0.634. The molecule has 0 spiro atoms. The number of carbonyl (C=O) groups is 2. The third kappa shape index (κ3) is 5.13. The first-order valence-electron chi connectivity index (χ1n) is 11.6. The third-order valence-corrected chi connectivity index (χ3v) is 6.30. The fraction of sp³-hybridized carbons (Fsp3) is 0.296. The number of pyridine rings is 2. The Balaban J connectivity index is 2.44. The van der Waals surface area contributed by atoms with E-state index < -0.39 is 6.04 Å². The van der Waals surface area contributed by atoms with Crippen LogP contribution in [-0.4, -0.2) is 45.8 Å². The highest BCUT2D eigenvalue weighted by Crippen LogP contribution is 2.39. The number of carbonyl (C=O) groups excluding carboxylic acids is 2. The number of hydrogen-bond donors (Lipinski definition) is 0. The van der Waals surface area contributed by atoms with Crippen molar-refractivity contribution in [3.63, 3.8) is 0 Å². The Bertz CT molecular complexity index is 1440. The van der Waals surface area contributed by atoms with Crippen molar-refractivity contribution >= 4 is 29.9 Å². The Morgan fingerprint density at radius 1 is 1.24 bits per heavy atom. The number of anilines is 1. The molecule has 0 aromatic carbocycles. The number of nitrogens with zero attached hydrogens (tertiary/aromatic N) is 5. The molecule has 0 fully saturated rings. The van der Waals surface area contributed by atoms with Gasteiger partial charge in [0.2, 0.25) is 5.88 Å². The third-order valence-electron chi connectivity index (χ3n) is 6.09. The molecule has 1 unspecified atom stereocenters. The van der Waals surface area contributed by atoms with Crippen LogP contribution in [0.25, 0.3) is 11.4 Å². The van der Waals surface area contributed by atoms with E-state index >= 15 is 0 Å². The van der Waals surface area contributed by atoms with Gasteiger partial charge in [0, 0.05) is 38.1 Å². The molecule has 0 saturated heterocycles. The summed E-state index contributed by atoms with van der Waals surface area (Å²) in [5, 5.41) is 0.387. The van der Waals surface area contributed by atoms with Crippen LogP contribution in [0.2, 0.25) is 5.02 Å². The molecule has 0 bridgehead atoms. The average Bonchev–Trinajstić information content (AvgIpc) is 3.27. The Kier molecular flexibility index (Phi) is 8.49. The first kappa shape index (κ1) is 27.6. The summed E-state index contributed by atoms with van der Waals surface area (Å²) in [4.78, 5) is 47.7. The second kappa shape index (κ2) is 11.4. The highest BCUT2D eigenvalue weighted by Gasteiger charge is 2.33. The topological polar surface area (TPSA) is 99.3 Å². The van der Waals surface area contributed by atoms with E-state index in [1.165, 1.54) is 24.1 Å². The second-order valence-electron chi connectivity index (χ2n) is 8.70. The number of likely N-dealkylation sites (N-methyl/N-ethyl adjacent to an activating group) is 1. The van der Waals surface area contributed by atoms with Gasteiger partial charge in [0.15, 0.2) is 12.6 Å². The highest BCUT2D eigenvalue weighted by molar-refractivity contribution is 6.30. The van der Waals surface area contributed by atoms with Gasteiger partial charge < -0.3 is 18.8 Å². The Labute approximate surface area is 220 Å². The molecule has 3 aromatic heterocycles. The van der Waals surface area contributed by atoms with Crippen LogP contribution in [0.15, 0.2) is 53.6 Å². The summed E-state index contributed by atoms with van der Waals surface area (Å²) in [6, 6.07) is 2.39. The number of aromatic nitrogens is 4. The van der Waals surface area contributed by atoms with Gasteiger partial charge in [-0.05, 0) is 38.5 Å². The molecule has 0 amide bonds. The maximum atomic E-state index is 13.1. The number of aryl methyl sites for hydroxylation is 1. The van der Waals surface area contributed by atoms with Crippen LogP contribution >= 0.6 is 11.6 Å². The van der Waals surface area contributed by atoms with Gasteiger partial charge in [-0.15, -0.1) is 0 Å². The van der Waals surface area contributed by atoms with Crippen molar-refractivity contribution in [1.29, 1.82) is 0 Å². The molecule has 37 heavy (non-hydrogen) atoms. The minimum absolute atomic E-state index is 0.166. The molecular formula is C27H30ClN5O4. The summed E-state index contributed by atoms with van der Waals surface area (Å²) >= 11 is 6.31. The van der Waals surface area contributed by atoms with Gasteiger partial charge in [-0.1, -0.05) is 30.3 Å². The molecule has 0 radical (unpaired) electrons. The molecule has 3 aromatic rings. The smallest absolute Gasteiger partial charge is 0.273 e. The Hall–Kier alpha value is -3.98. The van der Waals surface area contributed by atoms with Crippen molar-refractivity contribution in [3.05, 3.63) is 81.2 Å². The van der Waals surface area contributed by atoms with E-state index in [2.05, 4.69) is 16.5 Å². The molecule has 10 heteroatoms. The molecule has 9 nitrogen and oxygen atoms in total. The van der Waals surface area contributed by atoms with Gasteiger partial charge in [0.1, 0.15) is 17.2 Å². The number of hydrogen-bond acceptors (Lipinski definition) is 7. The Morgan fingerprint density at radius 3 is 2.49 bits per heavy atom. The van der Waals surface area contributed by atoms with E-state index in [1.807, 2.05) is 31.4 Å². The van der Waals surface area contributed by atoms with Gasteiger partial charge in [-0.2, -0.15) is 0 Å². The standard InChI is InChI=1S/C27H30ClN5O4/c1-8-18(9-2)23(32(6)22-11-19(28)13-31(5)27(22)36)24-21(15-35)30-25(33(24)16(3)4)20-10-17(14-34)12-29-26(20)37-7/h8-16,23H,1H2,2-7H3/b18-9+. The number of allylic oxidation sites excluding steroid dienone is 1. The molecule has 0 aliphatic rings. The zero-order chi connectivity index (χ0) is 27.4. The molecule has 194 valence electrons. The lowest BCUT2D eigenvalue weighted by Gasteiger charge is -2.33. The van der Waals surface area contributed by atoms with Crippen LogP contribution in [0, 0.1) is 0 Å². The summed E-state index contributed by atoms with van der Waals surface area (Å²) < 4.78 is 8.75. The average molecular weight is 524 g/mol. The molecule has 0 saturated carbocycles. The minimum Gasteiger partial charge on any atom is -0.480 e. The van der Waals surface area contributed by atoms with Crippen LogP contribution in [0.5, 0.6) is 5.88 Å². The molecule has 1 atom stereocenters. The second-order valence-corrected chi connectivity index (χ2v) is 9.13. The molecule has 0 N–H and O–H groups in total. The van der Waals surface area contributed by atoms with Crippen molar-refractivity contribution in [1.82, 2.24) is 19.1 Å². The summed E-state index contributed by atoms with van der Waals surface area (Å²) in [5.74, 6) is 0.655.